The van der Waals surface area contributed by atoms with Crippen LogP contribution in [0.3, 0.4) is 0 Å². The first-order chi connectivity index (χ1) is 13.8. The van der Waals surface area contributed by atoms with Crippen molar-refractivity contribution in [2.45, 2.75) is 19.3 Å². The summed E-state index contributed by atoms with van der Waals surface area (Å²) >= 11 is 0. The fourth-order valence-electron chi connectivity index (χ4n) is 3.93. The largest absolute Gasteiger partial charge is 0.507 e. The predicted octanol–water partition coefficient (Wildman–Crippen LogP) is 3.81. The van der Waals surface area contributed by atoms with Crippen molar-refractivity contribution in [3.63, 3.8) is 0 Å². The van der Waals surface area contributed by atoms with Crippen molar-refractivity contribution in [3.8, 4) is 40.1 Å². The molecule has 0 radical (unpaired) electrons. The monoisotopic (exact) mass is 396 g/mol. The highest BCUT2D eigenvalue weighted by Gasteiger charge is 2.36. The fraction of sp³-hybridized carbons (Fsp3) is 0.227. The summed E-state index contributed by atoms with van der Waals surface area (Å²) in [6.07, 6.45) is 0.196. The number of phenols is 3. The Labute approximate surface area is 166 Å². The van der Waals surface area contributed by atoms with Crippen molar-refractivity contribution in [1.82, 2.24) is 0 Å². The maximum absolute atomic E-state index is 13.2. The molecule has 3 aromatic rings. The first kappa shape index (κ1) is 18.7. The highest BCUT2D eigenvalue weighted by atomic mass is 16.5. The molecule has 1 heterocycles. The number of phenolic OH excluding ortho intramolecular Hbond substituents is 3. The molecule has 0 aliphatic heterocycles. The van der Waals surface area contributed by atoms with Gasteiger partial charge in [-0.3, -0.25) is 4.79 Å². The molecule has 29 heavy (non-hydrogen) atoms. The van der Waals surface area contributed by atoms with E-state index in [-0.39, 0.29) is 51.7 Å². The van der Waals surface area contributed by atoms with Crippen LogP contribution < -0.4 is 14.9 Å². The quantitative estimate of drug-likeness (QED) is 0.456. The van der Waals surface area contributed by atoms with Crippen LogP contribution in [0.1, 0.15) is 24.0 Å². The van der Waals surface area contributed by atoms with Gasteiger partial charge >= 0.3 is 0 Å². The summed E-state index contributed by atoms with van der Waals surface area (Å²) in [6, 6.07) is 4.10. The predicted molar refractivity (Wildman–Crippen MR) is 107 cm³/mol. The standard InChI is InChI=1S/C22H20O7/c1-9(2)11-7-12-20(25)18-13(23)5-10(27-3)6-15(18)29-22(12)19-14(24)8-16(28-4)21(26)17(11)19/h5-6,8,11,23-24,26H,1,7H2,2-4H3. The second-order valence-electron chi connectivity index (χ2n) is 7.10. The summed E-state index contributed by atoms with van der Waals surface area (Å²) in [6.45, 7) is 5.76. The van der Waals surface area contributed by atoms with Gasteiger partial charge in [-0.15, -0.1) is 0 Å². The van der Waals surface area contributed by atoms with Gasteiger partial charge in [0.1, 0.15) is 34.0 Å². The lowest BCUT2D eigenvalue weighted by atomic mass is 9.77. The number of aromatic hydroxyl groups is 3. The lowest BCUT2D eigenvalue weighted by Gasteiger charge is -2.29. The zero-order valence-electron chi connectivity index (χ0n) is 16.2. The van der Waals surface area contributed by atoms with Gasteiger partial charge in [-0.25, -0.2) is 0 Å². The van der Waals surface area contributed by atoms with Crippen LogP contribution in [0.2, 0.25) is 0 Å². The Morgan fingerprint density at radius 2 is 1.86 bits per heavy atom. The maximum Gasteiger partial charge on any atom is 0.200 e. The van der Waals surface area contributed by atoms with Crippen molar-refractivity contribution in [2.24, 2.45) is 0 Å². The van der Waals surface area contributed by atoms with Crippen LogP contribution >= 0.6 is 0 Å². The molecule has 3 N–H and O–H groups in total. The molecule has 0 spiro atoms. The summed E-state index contributed by atoms with van der Waals surface area (Å²) in [4.78, 5) is 13.2. The molecule has 0 bridgehead atoms. The number of hydrogen-bond donors (Lipinski definition) is 3. The number of rotatable bonds is 3. The number of allylic oxidation sites excluding steroid dienone is 1. The van der Waals surface area contributed by atoms with Crippen molar-refractivity contribution in [1.29, 1.82) is 0 Å². The van der Waals surface area contributed by atoms with E-state index in [0.29, 0.717) is 22.4 Å². The summed E-state index contributed by atoms with van der Waals surface area (Å²) < 4.78 is 16.3. The molecule has 1 aliphatic rings. The molecule has 0 saturated heterocycles. The average Bonchev–Trinajstić information content (AvgIpc) is 2.68. The smallest absolute Gasteiger partial charge is 0.200 e. The summed E-state index contributed by atoms with van der Waals surface area (Å²) in [5, 5.41) is 31.8. The van der Waals surface area contributed by atoms with E-state index in [9.17, 15) is 20.1 Å². The molecule has 150 valence electrons. The molecule has 1 aliphatic carbocycles. The Hall–Kier alpha value is -3.61. The zero-order chi connectivity index (χ0) is 21.0. The van der Waals surface area contributed by atoms with Gasteiger partial charge in [-0.05, 0) is 13.3 Å². The van der Waals surface area contributed by atoms with Crippen molar-refractivity contribution < 1.29 is 29.2 Å². The topological polar surface area (TPSA) is 109 Å². The van der Waals surface area contributed by atoms with Crippen LogP contribution in [-0.2, 0) is 6.42 Å². The first-order valence-electron chi connectivity index (χ1n) is 8.93. The van der Waals surface area contributed by atoms with Gasteiger partial charge in [0.05, 0.1) is 19.8 Å². The molecule has 7 heteroatoms. The van der Waals surface area contributed by atoms with Crippen molar-refractivity contribution in [3.05, 3.63) is 51.7 Å². The van der Waals surface area contributed by atoms with Crippen molar-refractivity contribution >= 4 is 11.0 Å². The van der Waals surface area contributed by atoms with Gasteiger partial charge in [0.25, 0.3) is 0 Å². The highest BCUT2D eigenvalue weighted by Crippen LogP contribution is 2.53. The summed E-state index contributed by atoms with van der Waals surface area (Å²) in [5.41, 5.74) is 1.28. The van der Waals surface area contributed by atoms with Crippen molar-refractivity contribution in [2.75, 3.05) is 14.2 Å². The Morgan fingerprint density at radius 1 is 1.14 bits per heavy atom. The third kappa shape index (κ3) is 2.61. The number of methoxy groups -OCH3 is 2. The van der Waals surface area contributed by atoms with Crippen LogP contribution in [0, 0.1) is 0 Å². The number of benzene rings is 2. The van der Waals surface area contributed by atoms with E-state index in [1.807, 2.05) is 0 Å². The van der Waals surface area contributed by atoms with Gasteiger partial charge < -0.3 is 29.2 Å². The Bertz CT molecular complexity index is 1240. The SMILES string of the molecule is C=C(C)C1Cc2c(oc3cc(OC)cc(O)c3c2=O)-c2c(O)cc(OC)c(O)c21. The average molecular weight is 396 g/mol. The second kappa shape index (κ2) is 6.48. The molecule has 0 fully saturated rings. The summed E-state index contributed by atoms with van der Waals surface area (Å²) in [5.74, 6) is -0.478. The van der Waals surface area contributed by atoms with E-state index in [1.54, 1.807) is 6.92 Å². The highest BCUT2D eigenvalue weighted by molar-refractivity contribution is 5.90. The third-order valence-electron chi connectivity index (χ3n) is 5.36. The normalized spacial score (nSPS) is 14.9. The lowest BCUT2D eigenvalue weighted by molar-refractivity contribution is 0.363. The molecule has 1 atom stereocenters. The number of fused-ring (bicyclic) bond motifs is 4. The Kier molecular flexibility index (Phi) is 4.19. The molecule has 0 saturated carbocycles. The molecule has 2 aromatic carbocycles. The van der Waals surface area contributed by atoms with E-state index >= 15 is 0 Å². The van der Waals surface area contributed by atoms with Gasteiger partial charge in [0.2, 0.25) is 0 Å². The zero-order valence-corrected chi connectivity index (χ0v) is 16.2. The van der Waals surface area contributed by atoms with Crippen LogP contribution in [0.5, 0.6) is 28.7 Å². The van der Waals surface area contributed by atoms with Gasteiger partial charge in [0, 0.05) is 35.2 Å². The van der Waals surface area contributed by atoms with Crippen LogP contribution in [0.15, 0.2) is 39.6 Å². The van der Waals surface area contributed by atoms with E-state index in [4.69, 9.17) is 13.9 Å². The molecule has 7 nitrogen and oxygen atoms in total. The molecule has 1 unspecified atom stereocenters. The number of hydrogen-bond acceptors (Lipinski definition) is 7. The van der Waals surface area contributed by atoms with E-state index in [1.165, 1.54) is 32.4 Å². The van der Waals surface area contributed by atoms with E-state index in [2.05, 4.69) is 6.58 Å². The van der Waals surface area contributed by atoms with Gasteiger partial charge in [-0.2, -0.15) is 0 Å². The minimum atomic E-state index is -0.445. The molecule has 0 amide bonds. The van der Waals surface area contributed by atoms with Crippen LogP contribution in [0.4, 0.5) is 0 Å². The van der Waals surface area contributed by atoms with Gasteiger partial charge in [-0.1, -0.05) is 12.2 Å². The maximum atomic E-state index is 13.2. The van der Waals surface area contributed by atoms with E-state index < -0.39 is 11.3 Å². The minimum absolute atomic E-state index is 0.0330. The molecule has 4 rings (SSSR count). The lowest BCUT2D eigenvalue weighted by Crippen LogP contribution is -2.21. The molecular formula is C22H20O7. The minimum Gasteiger partial charge on any atom is -0.507 e. The van der Waals surface area contributed by atoms with Crippen LogP contribution in [0.25, 0.3) is 22.3 Å². The molecular weight excluding hydrogens is 376 g/mol. The fourth-order valence-corrected chi connectivity index (χ4v) is 3.93. The Balaban J connectivity index is 2.16. The van der Waals surface area contributed by atoms with Crippen LogP contribution in [-0.4, -0.2) is 29.5 Å². The van der Waals surface area contributed by atoms with E-state index in [0.717, 1.165) is 0 Å². The Morgan fingerprint density at radius 3 is 2.48 bits per heavy atom. The second-order valence-corrected chi connectivity index (χ2v) is 7.10. The third-order valence-corrected chi connectivity index (χ3v) is 5.36. The first-order valence-corrected chi connectivity index (χ1v) is 8.93. The molecule has 1 aromatic heterocycles. The number of ether oxygens (including phenoxy) is 2. The van der Waals surface area contributed by atoms with Gasteiger partial charge in [0.15, 0.2) is 16.9 Å². The summed E-state index contributed by atoms with van der Waals surface area (Å²) in [7, 11) is 2.82.